The van der Waals surface area contributed by atoms with E-state index in [0.717, 1.165) is 44.7 Å². The summed E-state index contributed by atoms with van der Waals surface area (Å²) in [6.45, 7) is 0. The summed E-state index contributed by atoms with van der Waals surface area (Å²) in [5.41, 5.74) is 3.38. The van der Waals surface area contributed by atoms with E-state index >= 15 is 0 Å². The van der Waals surface area contributed by atoms with Crippen molar-refractivity contribution in [2.24, 2.45) is 0 Å². The van der Waals surface area contributed by atoms with Gasteiger partial charge in [-0.05, 0) is 28.8 Å². The maximum atomic E-state index is 12.8. The van der Waals surface area contributed by atoms with Gasteiger partial charge in [-0.25, -0.2) is 15.0 Å². The highest BCUT2D eigenvalue weighted by Gasteiger charge is 2.30. The maximum absolute atomic E-state index is 12.8. The molecule has 0 aliphatic rings. The molecule has 0 amide bonds. The zero-order valence-electron chi connectivity index (χ0n) is 16.5. The first-order chi connectivity index (χ1) is 15.5. The highest BCUT2D eigenvalue weighted by molar-refractivity contribution is 7.17. The van der Waals surface area contributed by atoms with Gasteiger partial charge in [-0.15, -0.1) is 11.3 Å². The van der Waals surface area contributed by atoms with Crippen molar-refractivity contribution in [3.63, 3.8) is 0 Å². The second kappa shape index (κ2) is 8.05. The van der Waals surface area contributed by atoms with Crippen molar-refractivity contribution in [1.82, 2.24) is 15.0 Å². The molecule has 0 spiro atoms. The Morgan fingerprint density at radius 1 is 0.750 bits per heavy atom. The largest absolute Gasteiger partial charge is 0.417 e. The summed E-state index contributed by atoms with van der Waals surface area (Å²) in [6, 6.07) is 20.6. The van der Waals surface area contributed by atoms with Crippen LogP contribution in [-0.2, 0) is 6.18 Å². The van der Waals surface area contributed by atoms with Gasteiger partial charge in [-0.3, -0.25) is 0 Å². The van der Waals surface area contributed by atoms with Crippen LogP contribution in [0.4, 0.5) is 24.8 Å². The van der Waals surface area contributed by atoms with Gasteiger partial charge in [-0.1, -0.05) is 54.6 Å². The first-order valence-corrected chi connectivity index (χ1v) is 10.6. The molecule has 0 unspecified atom stereocenters. The molecule has 158 valence electrons. The number of alkyl halides is 3. The molecule has 5 rings (SSSR count). The molecule has 8 heteroatoms. The first-order valence-electron chi connectivity index (χ1n) is 9.67. The molecule has 0 radical (unpaired) electrons. The average Bonchev–Trinajstić information content (AvgIpc) is 3.25. The number of nitrogens with one attached hydrogen (secondary N) is 1. The minimum absolute atomic E-state index is 0.273. The fourth-order valence-corrected chi connectivity index (χ4v) is 4.33. The number of aromatic nitrogens is 3. The van der Waals surface area contributed by atoms with E-state index in [1.165, 1.54) is 23.7 Å². The van der Waals surface area contributed by atoms with Crippen molar-refractivity contribution in [1.29, 1.82) is 0 Å². The van der Waals surface area contributed by atoms with Gasteiger partial charge in [0, 0.05) is 17.1 Å². The van der Waals surface area contributed by atoms with Crippen LogP contribution in [0.25, 0.3) is 32.5 Å². The molecule has 0 saturated heterocycles. The van der Waals surface area contributed by atoms with Gasteiger partial charge < -0.3 is 5.32 Å². The summed E-state index contributed by atoms with van der Waals surface area (Å²) >= 11 is 1.48. The number of hydrogen-bond donors (Lipinski definition) is 1. The lowest BCUT2D eigenvalue weighted by atomic mass is 10.0. The lowest BCUT2D eigenvalue weighted by molar-refractivity contribution is -0.137. The van der Waals surface area contributed by atoms with E-state index in [2.05, 4.69) is 44.5 Å². The van der Waals surface area contributed by atoms with E-state index in [0.29, 0.717) is 5.82 Å². The summed E-state index contributed by atoms with van der Waals surface area (Å²) < 4.78 is 38.4. The van der Waals surface area contributed by atoms with Crippen LogP contribution in [0, 0.1) is 0 Å². The molecule has 1 N–H and O–H groups in total. The van der Waals surface area contributed by atoms with E-state index in [1.807, 2.05) is 35.7 Å². The molecular weight excluding hydrogens is 433 g/mol. The molecule has 0 saturated carbocycles. The molecule has 2 aromatic carbocycles. The summed E-state index contributed by atoms with van der Waals surface area (Å²) in [7, 11) is 0. The number of benzene rings is 2. The van der Waals surface area contributed by atoms with Crippen molar-refractivity contribution >= 4 is 33.2 Å². The fraction of sp³-hybridized carbons (Fsp3) is 0.0417. The molecular formula is C24H15F3N4S. The van der Waals surface area contributed by atoms with Gasteiger partial charge in [-0.2, -0.15) is 13.2 Å². The SMILES string of the molecule is FC(F)(F)c1ccc(Nc2ncnc3scc(-c4ccc(-c5ccccc5)cc4)c23)nc1. The van der Waals surface area contributed by atoms with Crippen LogP contribution in [0.3, 0.4) is 0 Å². The van der Waals surface area contributed by atoms with Gasteiger partial charge in [0.1, 0.15) is 22.8 Å². The van der Waals surface area contributed by atoms with Crippen LogP contribution in [0.1, 0.15) is 5.56 Å². The van der Waals surface area contributed by atoms with E-state index in [1.54, 1.807) is 0 Å². The Hall–Kier alpha value is -3.78. The molecule has 32 heavy (non-hydrogen) atoms. The monoisotopic (exact) mass is 448 g/mol. The quantitative estimate of drug-likeness (QED) is 0.316. The molecule has 4 nitrogen and oxygen atoms in total. The summed E-state index contributed by atoms with van der Waals surface area (Å²) in [5, 5.41) is 5.84. The predicted octanol–water partition coefficient (Wildman–Crippen LogP) is 7.18. The van der Waals surface area contributed by atoms with E-state index in [9.17, 15) is 13.2 Å². The van der Waals surface area contributed by atoms with Crippen molar-refractivity contribution in [2.75, 3.05) is 5.32 Å². The average molecular weight is 448 g/mol. The van der Waals surface area contributed by atoms with Crippen LogP contribution in [0.5, 0.6) is 0 Å². The number of pyridine rings is 1. The van der Waals surface area contributed by atoms with Gasteiger partial charge in [0.25, 0.3) is 0 Å². The minimum atomic E-state index is -4.43. The van der Waals surface area contributed by atoms with Gasteiger partial charge in [0.2, 0.25) is 0 Å². The summed E-state index contributed by atoms with van der Waals surface area (Å²) in [5.74, 6) is 0.764. The number of rotatable bonds is 4. The Labute approximate surface area is 185 Å². The summed E-state index contributed by atoms with van der Waals surface area (Å²) in [6.07, 6.45) is -2.20. The summed E-state index contributed by atoms with van der Waals surface area (Å²) in [4.78, 5) is 13.3. The maximum Gasteiger partial charge on any atom is 0.417 e. The van der Waals surface area contributed by atoms with Crippen molar-refractivity contribution in [3.8, 4) is 22.3 Å². The van der Waals surface area contributed by atoms with Crippen molar-refractivity contribution < 1.29 is 13.2 Å². The van der Waals surface area contributed by atoms with Crippen LogP contribution < -0.4 is 5.32 Å². The molecule has 0 aliphatic heterocycles. The number of anilines is 2. The third kappa shape index (κ3) is 3.92. The van der Waals surface area contributed by atoms with Crippen LogP contribution in [0.2, 0.25) is 0 Å². The van der Waals surface area contributed by atoms with Gasteiger partial charge in [0.05, 0.1) is 10.9 Å². The number of fused-ring (bicyclic) bond motifs is 1. The minimum Gasteiger partial charge on any atom is -0.324 e. The molecule has 0 fully saturated rings. The van der Waals surface area contributed by atoms with Crippen LogP contribution in [0.15, 0.2) is 84.6 Å². The lowest BCUT2D eigenvalue weighted by Crippen LogP contribution is -2.06. The second-order valence-electron chi connectivity index (χ2n) is 7.05. The molecule has 0 bridgehead atoms. The van der Waals surface area contributed by atoms with E-state index < -0.39 is 11.7 Å². The Bertz CT molecular complexity index is 1360. The topological polar surface area (TPSA) is 50.7 Å². The lowest BCUT2D eigenvalue weighted by Gasteiger charge is -2.10. The third-order valence-corrected chi connectivity index (χ3v) is 5.90. The number of hydrogen-bond acceptors (Lipinski definition) is 5. The molecule has 5 aromatic rings. The molecule has 3 heterocycles. The van der Waals surface area contributed by atoms with Crippen molar-refractivity contribution in [2.45, 2.75) is 6.18 Å². The highest BCUT2D eigenvalue weighted by Crippen LogP contribution is 2.38. The zero-order chi connectivity index (χ0) is 22.1. The molecule has 0 atom stereocenters. The Kier molecular flexibility index (Phi) is 5.07. The van der Waals surface area contributed by atoms with Crippen LogP contribution >= 0.6 is 11.3 Å². The normalized spacial score (nSPS) is 11.6. The standard InChI is InChI=1S/C24H15F3N4S/c25-24(26,27)18-10-11-20(28-12-18)31-22-21-19(13-32-23(21)30-14-29-22)17-8-6-16(7-9-17)15-4-2-1-3-5-15/h1-14H,(H,28,29,30,31). The number of thiophene rings is 1. The van der Waals surface area contributed by atoms with Crippen molar-refractivity contribution in [3.05, 3.63) is 90.2 Å². The van der Waals surface area contributed by atoms with Gasteiger partial charge >= 0.3 is 6.18 Å². The number of nitrogens with zero attached hydrogens (tertiary/aromatic N) is 3. The van der Waals surface area contributed by atoms with Crippen LogP contribution in [-0.4, -0.2) is 15.0 Å². The Balaban J connectivity index is 1.49. The van der Waals surface area contributed by atoms with Gasteiger partial charge in [0.15, 0.2) is 0 Å². The first kappa shape index (κ1) is 20.1. The predicted molar refractivity (Wildman–Crippen MR) is 121 cm³/mol. The second-order valence-corrected chi connectivity index (χ2v) is 7.91. The molecule has 0 aliphatic carbocycles. The number of halogens is 3. The smallest absolute Gasteiger partial charge is 0.324 e. The zero-order valence-corrected chi connectivity index (χ0v) is 17.3. The van der Waals surface area contributed by atoms with E-state index in [-0.39, 0.29) is 5.82 Å². The molecule has 3 aromatic heterocycles. The Morgan fingerprint density at radius 2 is 1.47 bits per heavy atom. The highest BCUT2D eigenvalue weighted by atomic mass is 32.1. The fourth-order valence-electron chi connectivity index (χ4n) is 3.41. The Morgan fingerprint density at radius 3 is 2.16 bits per heavy atom. The van der Waals surface area contributed by atoms with E-state index in [4.69, 9.17) is 0 Å². The third-order valence-electron chi connectivity index (χ3n) is 5.01.